The van der Waals surface area contributed by atoms with E-state index in [0.29, 0.717) is 19.7 Å². The van der Waals surface area contributed by atoms with Gasteiger partial charge in [0.2, 0.25) is 0 Å². The smallest absolute Gasteiger partial charge is 0.260 e. The number of carbonyl (C=O) groups is 2. The second-order valence-electron chi connectivity index (χ2n) is 7.35. The molecule has 0 radical (unpaired) electrons. The molecule has 8 heteroatoms. The number of rotatable bonds is 8. The van der Waals surface area contributed by atoms with Gasteiger partial charge in [0.25, 0.3) is 17.4 Å². The first-order valence-corrected chi connectivity index (χ1v) is 10.2. The molecule has 1 aliphatic rings. The van der Waals surface area contributed by atoms with Gasteiger partial charge >= 0.3 is 0 Å². The van der Waals surface area contributed by atoms with Crippen LogP contribution >= 0.6 is 0 Å². The highest BCUT2D eigenvalue weighted by Gasteiger charge is 2.18. The summed E-state index contributed by atoms with van der Waals surface area (Å²) in [6.07, 6.45) is 3.48. The van der Waals surface area contributed by atoms with E-state index in [4.69, 9.17) is 4.74 Å². The molecule has 8 nitrogen and oxygen atoms in total. The number of carbonyl (C=O) groups excluding carboxylic acids is 2. The first-order chi connectivity index (χ1) is 14.5. The Hall–Kier alpha value is -2.97. The summed E-state index contributed by atoms with van der Waals surface area (Å²) in [6.45, 7) is 3.04. The van der Waals surface area contributed by atoms with E-state index in [1.807, 2.05) is 30.3 Å². The van der Waals surface area contributed by atoms with Crippen molar-refractivity contribution < 1.29 is 14.3 Å². The maximum atomic E-state index is 12.7. The van der Waals surface area contributed by atoms with E-state index < -0.39 is 11.5 Å². The average Bonchev–Trinajstić information content (AvgIpc) is 2.78. The molecule has 0 aliphatic carbocycles. The minimum atomic E-state index is -0.522. The molecule has 160 valence electrons. The Labute approximate surface area is 175 Å². The molecule has 2 amide bonds. The molecule has 1 aromatic heterocycles. The Morgan fingerprint density at radius 2 is 1.93 bits per heavy atom. The SMILES string of the molecule is CN(Cc1ccccc1)C(=O)c1cc(C(=O)NCCOC2CCNCC2)c[nH]c1=O. The summed E-state index contributed by atoms with van der Waals surface area (Å²) in [5, 5.41) is 6.04. The first-order valence-electron chi connectivity index (χ1n) is 10.2. The summed E-state index contributed by atoms with van der Waals surface area (Å²) in [5.41, 5.74) is 0.595. The van der Waals surface area contributed by atoms with Crippen LogP contribution in [0.4, 0.5) is 0 Å². The van der Waals surface area contributed by atoms with Gasteiger partial charge in [-0.1, -0.05) is 30.3 Å². The van der Waals surface area contributed by atoms with Crippen LogP contribution in [0, 0.1) is 0 Å². The van der Waals surface area contributed by atoms with Crippen molar-refractivity contribution in [2.75, 3.05) is 33.3 Å². The summed E-state index contributed by atoms with van der Waals surface area (Å²) in [5.74, 6) is -0.802. The molecule has 0 unspecified atom stereocenters. The maximum Gasteiger partial charge on any atom is 0.260 e. The number of pyridine rings is 1. The molecular weight excluding hydrogens is 384 g/mol. The predicted octanol–water partition coefficient (Wildman–Crippen LogP) is 1.15. The second kappa shape index (κ2) is 10.7. The molecule has 0 saturated carbocycles. The van der Waals surface area contributed by atoms with Gasteiger partial charge in [-0.05, 0) is 37.6 Å². The lowest BCUT2D eigenvalue weighted by Gasteiger charge is -2.22. The molecule has 0 atom stereocenters. The van der Waals surface area contributed by atoms with E-state index in [1.54, 1.807) is 7.05 Å². The van der Waals surface area contributed by atoms with Crippen LogP contribution < -0.4 is 16.2 Å². The fourth-order valence-corrected chi connectivity index (χ4v) is 3.36. The molecule has 0 spiro atoms. The van der Waals surface area contributed by atoms with Crippen LogP contribution in [0.2, 0.25) is 0 Å². The lowest BCUT2D eigenvalue weighted by Crippen LogP contribution is -2.35. The summed E-state index contributed by atoms with van der Waals surface area (Å²) >= 11 is 0. The lowest BCUT2D eigenvalue weighted by atomic mass is 10.1. The normalized spacial score (nSPS) is 14.3. The van der Waals surface area contributed by atoms with Crippen molar-refractivity contribution in [1.82, 2.24) is 20.5 Å². The van der Waals surface area contributed by atoms with Crippen LogP contribution in [0.25, 0.3) is 0 Å². The Kier molecular flexibility index (Phi) is 7.75. The van der Waals surface area contributed by atoms with Crippen molar-refractivity contribution >= 4 is 11.8 Å². The highest BCUT2D eigenvalue weighted by atomic mass is 16.5. The van der Waals surface area contributed by atoms with Gasteiger partial charge in [-0.25, -0.2) is 0 Å². The molecule has 2 aromatic rings. The van der Waals surface area contributed by atoms with Crippen molar-refractivity contribution in [2.24, 2.45) is 0 Å². The van der Waals surface area contributed by atoms with E-state index >= 15 is 0 Å². The van der Waals surface area contributed by atoms with Gasteiger partial charge in [-0.15, -0.1) is 0 Å². The topological polar surface area (TPSA) is 104 Å². The van der Waals surface area contributed by atoms with Gasteiger partial charge in [0.05, 0.1) is 18.3 Å². The number of benzene rings is 1. The fraction of sp³-hybridized carbons (Fsp3) is 0.409. The quantitative estimate of drug-likeness (QED) is 0.565. The van der Waals surface area contributed by atoms with Crippen LogP contribution in [0.3, 0.4) is 0 Å². The van der Waals surface area contributed by atoms with Crippen molar-refractivity contribution in [1.29, 1.82) is 0 Å². The standard InChI is InChI=1S/C22H28N4O4/c1-26(15-16-5-3-2-4-6-16)22(29)19-13-17(14-25-21(19)28)20(27)24-11-12-30-18-7-9-23-10-8-18/h2-6,13-14,18,23H,7-12,15H2,1H3,(H,24,27)(H,25,28). The number of piperidine rings is 1. The zero-order valence-corrected chi connectivity index (χ0v) is 17.1. The Balaban J connectivity index is 1.56. The number of ether oxygens (including phenoxy) is 1. The van der Waals surface area contributed by atoms with Crippen LogP contribution in [0.15, 0.2) is 47.4 Å². The molecule has 1 aliphatic heterocycles. The third-order valence-electron chi connectivity index (χ3n) is 5.03. The Bertz CT molecular complexity index is 907. The van der Waals surface area contributed by atoms with Crippen LogP contribution in [0.1, 0.15) is 39.1 Å². The largest absolute Gasteiger partial charge is 0.376 e. The lowest BCUT2D eigenvalue weighted by molar-refractivity contribution is 0.0343. The first kappa shape index (κ1) is 21.7. The minimum absolute atomic E-state index is 0.0629. The third kappa shape index (κ3) is 6.01. The number of amides is 2. The maximum absolute atomic E-state index is 12.7. The molecule has 2 heterocycles. The fourth-order valence-electron chi connectivity index (χ4n) is 3.36. The molecule has 30 heavy (non-hydrogen) atoms. The van der Waals surface area contributed by atoms with E-state index in [1.165, 1.54) is 17.2 Å². The third-order valence-corrected chi connectivity index (χ3v) is 5.03. The van der Waals surface area contributed by atoms with E-state index in [2.05, 4.69) is 15.6 Å². The summed E-state index contributed by atoms with van der Waals surface area (Å²) in [4.78, 5) is 41.3. The molecular formula is C22H28N4O4. The van der Waals surface area contributed by atoms with Gasteiger partial charge in [0, 0.05) is 26.3 Å². The van der Waals surface area contributed by atoms with Gasteiger partial charge in [0.1, 0.15) is 5.56 Å². The average molecular weight is 412 g/mol. The summed E-state index contributed by atoms with van der Waals surface area (Å²) in [6, 6.07) is 10.8. The Morgan fingerprint density at radius 1 is 1.20 bits per heavy atom. The van der Waals surface area contributed by atoms with E-state index in [0.717, 1.165) is 31.5 Å². The van der Waals surface area contributed by atoms with Crippen LogP contribution in [-0.2, 0) is 11.3 Å². The molecule has 0 bridgehead atoms. The zero-order chi connectivity index (χ0) is 21.3. The van der Waals surface area contributed by atoms with Crippen LogP contribution in [0.5, 0.6) is 0 Å². The number of hydrogen-bond acceptors (Lipinski definition) is 5. The van der Waals surface area contributed by atoms with Gasteiger partial charge in [0.15, 0.2) is 0 Å². The van der Waals surface area contributed by atoms with Crippen molar-refractivity contribution in [2.45, 2.75) is 25.5 Å². The predicted molar refractivity (Wildman–Crippen MR) is 113 cm³/mol. The number of hydrogen-bond donors (Lipinski definition) is 3. The molecule has 1 fully saturated rings. The molecule has 3 rings (SSSR count). The number of nitrogens with zero attached hydrogens (tertiary/aromatic N) is 1. The second-order valence-corrected chi connectivity index (χ2v) is 7.35. The molecule has 1 saturated heterocycles. The highest BCUT2D eigenvalue weighted by Crippen LogP contribution is 2.08. The van der Waals surface area contributed by atoms with Gasteiger partial charge in [-0.3, -0.25) is 14.4 Å². The van der Waals surface area contributed by atoms with Crippen molar-refractivity contribution in [3.8, 4) is 0 Å². The van der Waals surface area contributed by atoms with Gasteiger partial charge < -0.3 is 25.3 Å². The summed E-state index contributed by atoms with van der Waals surface area (Å²) < 4.78 is 5.77. The number of aromatic nitrogens is 1. The van der Waals surface area contributed by atoms with Crippen LogP contribution in [-0.4, -0.2) is 61.1 Å². The minimum Gasteiger partial charge on any atom is -0.376 e. The van der Waals surface area contributed by atoms with Crippen molar-refractivity contribution in [3.63, 3.8) is 0 Å². The van der Waals surface area contributed by atoms with Crippen molar-refractivity contribution in [3.05, 3.63) is 69.6 Å². The van der Waals surface area contributed by atoms with E-state index in [9.17, 15) is 14.4 Å². The van der Waals surface area contributed by atoms with E-state index in [-0.39, 0.29) is 23.1 Å². The summed E-state index contributed by atoms with van der Waals surface area (Å²) in [7, 11) is 1.62. The Morgan fingerprint density at radius 3 is 2.67 bits per heavy atom. The molecule has 1 aromatic carbocycles. The number of aromatic amines is 1. The van der Waals surface area contributed by atoms with Gasteiger partial charge in [-0.2, -0.15) is 0 Å². The number of H-pyrrole nitrogens is 1. The zero-order valence-electron chi connectivity index (χ0n) is 17.1. The highest BCUT2D eigenvalue weighted by molar-refractivity contribution is 5.99. The monoisotopic (exact) mass is 412 g/mol. The number of nitrogens with one attached hydrogen (secondary N) is 3. The molecule has 3 N–H and O–H groups in total.